The van der Waals surface area contributed by atoms with Gasteiger partial charge < -0.3 is 10.2 Å². The maximum Gasteiger partial charge on any atom is 0.243 e. The zero-order chi connectivity index (χ0) is 21.5. The molecular formula is C25H31FN2O2. The van der Waals surface area contributed by atoms with Crippen LogP contribution in [0.3, 0.4) is 0 Å². The summed E-state index contributed by atoms with van der Waals surface area (Å²) in [5.74, 6) is -0.748. The molecule has 4 nitrogen and oxygen atoms in total. The highest BCUT2D eigenvalue weighted by Crippen LogP contribution is 2.21. The molecular weight excluding hydrogens is 379 g/mol. The molecule has 3 rings (SSSR count). The number of nitrogens with one attached hydrogen (secondary N) is 1. The Balaban J connectivity index is 1.84. The van der Waals surface area contributed by atoms with Crippen LogP contribution < -0.4 is 5.32 Å². The lowest BCUT2D eigenvalue weighted by Gasteiger charge is -2.32. The first kappa shape index (κ1) is 22.0. The molecule has 160 valence electrons. The van der Waals surface area contributed by atoms with Gasteiger partial charge in [-0.15, -0.1) is 0 Å². The molecule has 0 heterocycles. The molecule has 0 spiro atoms. The average molecular weight is 411 g/mol. The van der Waals surface area contributed by atoms with Gasteiger partial charge in [0.25, 0.3) is 0 Å². The van der Waals surface area contributed by atoms with Crippen LogP contribution in [-0.2, 0) is 22.6 Å². The number of halogens is 1. The molecule has 0 radical (unpaired) electrons. The highest BCUT2D eigenvalue weighted by atomic mass is 19.1. The fourth-order valence-corrected chi connectivity index (χ4v) is 4.16. The van der Waals surface area contributed by atoms with Gasteiger partial charge in [-0.1, -0.05) is 62.2 Å². The van der Waals surface area contributed by atoms with Crippen LogP contribution in [0.1, 0.15) is 55.7 Å². The number of aryl methyl sites for hydroxylation is 1. The van der Waals surface area contributed by atoms with Crippen LogP contribution in [0.15, 0.2) is 48.5 Å². The van der Waals surface area contributed by atoms with Gasteiger partial charge >= 0.3 is 0 Å². The lowest BCUT2D eigenvalue weighted by atomic mass is 10.0. The second-order valence-corrected chi connectivity index (χ2v) is 8.13. The molecule has 2 amide bonds. The number of carbonyl (C=O) groups excluding carboxylic acids is 2. The van der Waals surface area contributed by atoms with Crippen molar-refractivity contribution in [3.63, 3.8) is 0 Å². The Kier molecular flexibility index (Phi) is 7.61. The Morgan fingerprint density at radius 2 is 1.70 bits per heavy atom. The highest BCUT2D eigenvalue weighted by molar-refractivity contribution is 5.88. The zero-order valence-electron chi connectivity index (χ0n) is 17.9. The summed E-state index contributed by atoms with van der Waals surface area (Å²) in [6.07, 6.45) is 4.67. The summed E-state index contributed by atoms with van der Waals surface area (Å²) in [5.41, 5.74) is 2.40. The van der Waals surface area contributed by atoms with Gasteiger partial charge in [0.05, 0.1) is 6.42 Å². The Labute approximate surface area is 178 Å². The van der Waals surface area contributed by atoms with Gasteiger partial charge in [-0.3, -0.25) is 9.59 Å². The van der Waals surface area contributed by atoms with E-state index in [9.17, 15) is 14.0 Å². The monoisotopic (exact) mass is 410 g/mol. The molecule has 1 aliphatic carbocycles. The Hall–Kier alpha value is -2.69. The fraction of sp³-hybridized carbons (Fsp3) is 0.440. The van der Waals surface area contributed by atoms with Crippen molar-refractivity contribution in [3.8, 4) is 0 Å². The van der Waals surface area contributed by atoms with Gasteiger partial charge in [0.2, 0.25) is 11.8 Å². The number of rotatable bonds is 8. The Morgan fingerprint density at radius 3 is 2.33 bits per heavy atom. The first-order valence-electron chi connectivity index (χ1n) is 10.9. The van der Waals surface area contributed by atoms with Crippen molar-refractivity contribution in [2.45, 2.75) is 71.0 Å². The van der Waals surface area contributed by atoms with Crippen LogP contribution in [0.4, 0.5) is 4.39 Å². The van der Waals surface area contributed by atoms with E-state index in [0.717, 1.165) is 36.8 Å². The van der Waals surface area contributed by atoms with Crippen molar-refractivity contribution in [3.05, 3.63) is 71.0 Å². The zero-order valence-corrected chi connectivity index (χ0v) is 17.9. The second kappa shape index (κ2) is 10.4. The van der Waals surface area contributed by atoms with E-state index in [1.54, 1.807) is 23.1 Å². The van der Waals surface area contributed by atoms with Gasteiger partial charge in [0.15, 0.2) is 0 Å². The molecule has 1 atom stereocenters. The van der Waals surface area contributed by atoms with Crippen molar-refractivity contribution in [1.29, 1.82) is 0 Å². The smallest absolute Gasteiger partial charge is 0.243 e. The van der Waals surface area contributed by atoms with E-state index in [0.29, 0.717) is 18.5 Å². The number of amides is 2. The van der Waals surface area contributed by atoms with Crippen molar-refractivity contribution in [2.24, 2.45) is 0 Å². The van der Waals surface area contributed by atoms with Crippen molar-refractivity contribution >= 4 is 11.8 Å². The summed E-state index contributed by atoms with van der Waals surface area (Å²) in [5, 5.41) is 3.13. The Bertz CT molecular complexity index is 877. The molecule has 1 saturated carbocycles. The largest absolute Gasteiger partial charge is 0.352 e. The van der Waals surface area contributed by atoms with E-state index < -0.39 is 11.9 Å². The van der Waals surface area contributed by atoms with Crippen LogP contribution in [0.25, 0.3) is 0 Å². The number of nitrogens with zero attached hydrogens (tertiary/aromatic N) is 1. The third-order valence-electron chi connectivity index (χ3n) is 5.99. The van der Waals surface area contributed by atoms with Gasteiger partial charge in [-0.25, -0.2) is 4.39 Å². The minimum atomic E-state index is -0.579. The topological polar surface area (TPSA) is 49.4 Å². The first-order valence-corrected chi connectivity index (χ1v) is 10.9. The van der Waals surface area contributed by atoms with Crippen LogP contribution in [0.5, 0.6) is 0 Å². The summed E-state index contributed by atoms with van der Waals surface area (Å²) < 4.78 is 14.2. The molecule has 0 unspecified atom stereocenters. The van der Waals surface area contributed by atoms with E-state index in [4.69, 9.17) is 0 Å². The van der Waals surface area contributed by atoms with E-state index >= 15 is 0 Å². The van der Waals surface area contributed by atoms with Gasteiger partial charge in [0, 0.05) is 12.6 Å². The Morgan fingerprint density at radius 1 is 1.07 bits per heavy atom. The first-order chi connectivity index (χ1) is 14.5. The standard InChI is InChI=1S/C25H31FN2O2/c1-3-23(25(30)27-21-13-7-8-14-21)28(17-20-12-5-4-10-18(20)2)24(29)16-19-11-6-9-15-22(19)26/h4-6,9-12,15,21,23H,3,7-8,13-14,16-17H2,1-2H3,(H,27,30)/t23-/m0/s1. The molecule has 2 aromatic carbocycles. The fourth-order valence-electron chi connectivity index (χ4n) is 4.16. The highest BCUT2D eigenvalue weighted by Gasteiger charge is 2.31. The SMILES string of the molecule is CC[C@@H](C(=O)NC1CCCC1)N(Cc1ccccc1C)C(=O)Cc1ccccc1F. The van der Waals surface area contributed by atoms with Crippen molar-refractivity contribution in [1.82, 2.24) is 10.2 Å². The summed E-state index contributed by atoms with van der Waals surface area (Å²) in [4.78, 5) is 28.0. The predicted octanol–water partition coefficient (Wildman–Crippen LogP) is 4.54. The summed E-state index contributed by atoms with van der Waals surface area (Å²) in [7, 11) is 0. The lowest BCUT2D eigenvalue weighted by molar-refractivity contribution is -0.141. The molecule has 0 bridgehead atoms. The summed E-state index contributed by atoms with van der Waals surface area (Å²) in [6.45, 7) is 4.24. The molecule has 30 heavy (non-hydrogen) atoms. The third-order valence-corrected chi connectivity index (χ3v) is 5.99. The minimum Gasteiger partial charge on any atom is -0.352 e. The van der Waals surface area contributed by atoms with E-state index in [1.807, 2.05) is 38.1 Å². The van der Waals surface area contributed by atoms with E-state index in [1.165, 1.54) is 6.07 Å². The number of hydrogen-bond donors (Lipinski definition) is 1. The molecule has 1 aliphatic rings. The van der Waals surface area contributed by atoms with Crippen LogP contribution >= 0.6 is 0 Å². The molecule has 2 aromatic rings. The quantitative estimate of drug-likeness (QED) is 0.694. The minimum absolute atomic E-state index is 0.0637. The van der Waals surface area contributed by atoms with E-state index in [2.05, 4.69) is 5.32 Å². The number of benzene rings is 2. The third kappa shape index (κ3) is 5.47. The number of carbonyl (C=O) groups is 2. The van der Waals surface area contributed by atoms with Gasteiger partial charge in [-0.05, 0) is 48.9 Å². The van der Waals surface area contributed by atoms with Crippen LogP contribution in [0, 0.1) is 12.7 Å². The predicted molar refractivity (Wildman–Crippen MR) is 116 cm³/mol. The molecule has 0 aliphatic heterocycles. The summed E-state index contributed by atoms with van der Waals surface area (Å²) >= 11 is 0. The maximum atomic E-state index is 14.2. The lowest BCUT2D eigenvalue weighted by Crippen LogP contribution is -2.51. The van der Waals surface area contributed by atoms with Gasteiger partial charge in [0.1, 0.15) is 11.9 Å². The number of hydrogen-bond acceptors (Lipinski definition) is 2. The van der Waals surface area contributed by atoms with Crippen LogP contribution in [-0.4, -0.2) is 28.8 Å². The maximum absolute atomic E-state index is 14.2. The van der Waals surface area contributed by atoms with Crippen LogP contribution in [0.2, 0.25) is 0 Å². The van der Waals surface area contributed by atoms with Crippen molar-refractivity contribution in [2.75, 3.05) is 0 Å². The normalized spacial score (nSPS) is 15.0. The van der Waals surface area contributed by atoms with Crippen molar-refractivity contribution < 1.29 is 14.0 Å². The van der Waals surface area contributed by atoms with Gasteiger partial charge in [-0.2, -0.15) is 0 Å². The second-order valence-electron chi connectivity index (χ2n) is 8.13. The summed E-state index contributed by atoms with van der Waals surface area (Å²) in [6, 6.07) is 13.8. The molecule has 5 heteroatoms. The molecule has 0 aromatic heterocycles. The molecule has 0 saturated heterocycles. The van der Waals surface area contributed by atoms with E-state index in [-0.39, 0.29) is 24.3 Å². The molecule has 1 N–H and O–H groups in total. The molecule has 1 fully saturated rings. The average Bonchev–Trinajstić information content (AvgIpc) is 3.24.